The van der Waals surface area contributed by atoms with Crippen molar-refractivity contribution in [3.63, 3.8) is 0 Å². The van der Waals surface area contributed by atoms with Gasteiger partial charge in [-0.15, -0.1) is 0 Å². The van der Waals surface area contributed by atoms with Crippen LogP contribution in [0.2, 0.25) is 0 Å². The molecule has 0 aliphatic carbocycles. The average molecular weight is 1550 g/mol. The summed E-state index contributed by atoms with van der Waals surface area (Å²) in [5, 5.41) is 10.7. The van der Waals surface area contributed by atoms with Crippen LogP contribution in [0.3, 0.4) is 0 Å². The molecule has 0 rings (SSSR count). The summed E-state index contributed by atoms with van der Waals surface area (Å²) in [4.78, 5) is 73.1. The van der Waals surface area contributed by atoms with E-state index in [1.165, 1.54) is 51.4 Å². The zero-order valence-corrected chi connectivity index (χ0v) is 69.3. The Hall–Kier alpha value is -5.32. The highest BCUT2D eigenvalue weighted by Crippen LogP contribution is 2.45. The molecule has 0 aromatic heterocycles. The summed E-state index contributed by atoms with van der Waals surface area (Å²) in [7, 11) is -10.0. The summed E-state index contributed by atoms with van der Waals surface area (Å²) < 4.78 is 68.6. The quantitative estimate of drug-likeness (QED) is 0.0169. The minimum absolute atomic E-state index is 0.0355. The van der Waals surface area contributed by atoms with Gasteiger partial charge in [0.05, 0.1) is 26.4 Å². The predicted octanol–water partition coefficient (Wildman–Crippen LogP) is 24.8. The van der Waals surface area contributed by atoms with Crippen LogP contribution in [0.15, 0.2) is 158 Å². The van der Waals surface area contributed by atoms with E-state index in [0.717, 1.165) is 186 Å². The van der Waals surface area contributed by atoms with Gasteiger partial charge in [0, 0.05) is 25.7 Å². The summed E-state index contributed by atoms with van der Waals surface area (Å²) in [5.74, 6) is -2.32. The molecule has 0 amide bonds. The number of hydrogen-bond acceptors (Lipinski definition) is 15. The molecule has 0 aliphatic heterocycles. The molecular formula is C89H148O17P2. The van der Waals surface area contributed by atoms with Gasteiger partial charge in [-0.3, -0.25) is 37.3 Å². The van der Waals surface area contributed by atoms with E-state index in [0.29, 0.717) is 32.1 Å². The van der Waals surface area contributed by atoms with Crippen molar-refractivity contribution in [2.24, 2.45) is 0 Å². The lowest BCUT2D eigenvalue weighted by Crippen LogP contribution is -2.30. The number of carbonyl (C=O) groups is 4. The number of ether oxygens (including phenoxy) is 4. The van der Waals surface area contributed by atoms with E-state index in [1.54, 1.807) is 0 Å². The van der Waals surface area contributed by atoms with Crippen LogP contribution in [-0.4, -0.2) is 96.7 Å². The van der Waals surface area contributed by atoms with Gasteiger partial charge in [0.15, 0.2) is 12.2 Å². The van der Waals surface area contributed by atoms with Crippen molar-refractivity contribution < 1.29 is 80.2 Å². The molecule has 0 aromatic carbocycles. The first-order chi connectivity index (χ1) is 52.7. The maximum absolute atomic E-state index is 13.1. The number of phosphoric acid groups is 2. The number of aliphatic hydroxyl groups is 1. The normalized spacial score (nSPS) is 14.6. The summed E-state index contributed by atoms with van der Waals surface area (Å²) in [5.41, 5.74) is 0. The van der Waals surface area contributed by atoms with Crippen molar-refractivity contribution in [3.8, 4) is 0 Å². The van der Waals surface area contributed by atoms with Crippen LogP contribution < -0.4 is 0 Å². The third kappa shape index (κ3) is 78.8. The SMILES string of the molecule is CC/C=C\C/C=C\C/C=C\C/C=C\C/C=C\C/C=C\CCC(=O)O[C@H](COC(=O)CCCCCCCCC/C=C\CCCCCC)COP(=O)(O)OC[C@H](O)COP(=O)(O)OC[C@@H](COC(=O)CCCCC/C=C\C/C=C\C/C=C\C/C=C\C/C=C\CC)OC(=O)CCCCCCCCC/C=C\CCCCCC. The Labute approximate surface area is 655 Å². The highest BCUT2D eigenvalue weighted by atomic mass is 31.2. The molecule has 3 N–H and O–H groups in total. The van der Waals surface area contributed by atoms with Crippen molar-refractivity contribution in [1.82, 2.24) is 0 Å². The van der Waals surface area contributed by atoms with Crippen LogP contribution in [0.25, 0.3) is 0 Å². The first-order valence-electron chi connectivity index (χ1n) is 41.7. The molecule has 19 heteroatoms. The van der Waals surface area contributed by atoms with Crippen LogP contribution in [0.5, 0.6) is 0 Å². The molecule has 616 valence electrons. The van der Waals surface area contributed by atoms with Crippen LogP contribution in [0, 0.1) is 0 Å². The lowest BCUT2D eigenvalue weighted by atomic mass is 10.1. The summed E-state index contributed by atoms with van der Waals surface area (Å²) in [6.45, 7) is 4.51. The molecule has 0 fully saturated rings. The van der Waals surface area contributed by atoms with Gasteiger partial charge in [-0.25, -0.2) is 9.13 Å². The zero-order valence-electron chi connectivity index (χ0n) is 67.5. The minimum atomic E-state index is -5.01. The Kier molecular flexibility index (Phi) is 75.8. The second-order valence-corrected chi connectivity index (χ2v) is 30.2. The topological polar surface area (TPSA) is 237 Å². The Morgan fingerprint density at radius 2 is 0.500 bits per heavy atom. The molecule has 0 aromatic rings. The van der Waals surface area contributed by atoms with Gasteiger partial charge in [-0.05, 0) is 161 Å². The van der Waals surface area contributed by atoms with E-state index in [-0.39, 0.29) is 25.7 Å². The van der Waals surface area contributed by atoms with E-state index in [1.807, 2.05) is 18.2 Å². The molecule has 0 bridgehead atoms. The van der Waals surface area contributed by atoms with Crippen molar-refractivity contribution in [3.05, 3.63) is 158 Å². The predicted molar refractivity (Wildman–Crippen MR) is 445 cm³/mol. The van der Waals surface area contributed by atoms with Crippen molar-refractivity contribution in [2.45, 2.75) is 341 Å². The number of unbranched alkanes of at least 4 members (excludes halogenated alkanes) is 25. The lowest BCUT2D eigenvalue weighted by molar-refractivity contribution is -0.161. The van der Waals surface area contributed by atoms with Gasteiger partial charge in [0.2, 0.25) is 0 Å². The van der Waals surface area contributed by atoms with E-state index in [4.69, 9.17) is 37.0 Å². The summed E-state index contributed by atoms with van der Waals surface area (Å²) in [6.07, 6.45) is 93.7. The highest BCUT2D eigenvalue weighted by molar-refractivity contribution is 7.47. The van der Waals surface area contributed by atoms with Crippen LogP contribution >= 0.6 is 15.6 Å². The number of phosphoric ester groups is 2. The fourth-order valence-corrected chi connectivity index (χ4v) is 12.3. The summed E-state index contributed by atoms with van der Waals surface area (Å²) in [6, 6.07) is 0. The molecule has 5 atom stereocenters. The van der Waals surface area contributed by atoms with Gasteiger partial charge in [0.25, 0.3) is 0 Å². The molecule has 108 heavy (non-hydrogen) atoms. The number of hydrogen-bond donors (Lipinski definition) is 3. The number of carbonyl (C=O) groups excluding carboxylic acids is 4. The summed E-state index contributed by atoms with van der Waals surface area (Å²) >= 11 is 0. The molecule has 0 spiro atoms. The molecule has 0 aliphatic rings. The Bertz CT molecular complexity index is 2660. The largest absolute Gasteiger partial charge is 0.472 e. The molecule has 2 unspecified atom stereocenters. The molecule has 0 saturated heterocycles. The number of allylic oxidation sites excluding steroid dienone is 26. The third-order valence-corrected chi connectivity index (χ3v) is 18.9. The van der Waals surface area contributed by atoms with Crippen molar-refractivity contribution >= 4 is 39.5 Å². The standard InChI is InChI=1S/C89H148O17P2/c1-5-9-13-17-21-25-29-33-37-39-41-43-47-50-54-58-62-66-70-74-87(92)100-80-84(105-88(93)75-71-67-63-59-55-51-46-36-32-28-24-20-16-12-8-4)81-103-107(95,96)101-77-83(90)78-102-108(97,98)104-82-85(79-99-86(91)73-69-65-61-57-53-49-45-35-31-27-23-19-15-11-7-3)106-89(94)76-72-68-64-60-56-52-48-44-42-40-38-34-30-26-22-18-14-10-6-2/h9-10,13-14,21-22,25-28,31-34,37-38,41-44,50,52,54,56,64,68,83-85,90H,5-8,11-12,15-20,23-24,29-30,35-36,39-40,45-49,51,53,55,57-63,65-67,69-82H2,1-4H3,(H,95,96)(H,97,98)/b13-9-,14-10-,25-21-,26-22-,31-27-,32-28-,37-33-,38-34-,43-41-,44-42-,54-50-,56-52-,68-64-/t83-,84-,85-/m1/s1. The Morgan fingerprint density at radius 3 is 0.815 bits per heavy atom. The fraction of sp³-hybridized carbons (Fsp3) is 0.663. The second kappa shape index (κ2) is 79.8. The third-order valence-electron chi connectivity index (χ3n) is 17.0. The minimum Gasteiger partial charge on any atom is -0.462 e. The van der Waals surface area contributed by atoms with Crippen molar-refractivity contribution in [1.29, 1.82) is 0 Å². The van der Waals surface area contributed by atoms with Gasteiger partial charge < -0.3 is 33.8 Å². The van der Waals surface area contributed by atoms with Gasteiger partial charge in [0.1, 0.15) is 19.3 Å². The van der Waals surface area contributed by atoms with E-state index < -0.39 is 97.5 Å². The highest BCUT2D eigenvalue weighted by Gasteiger charge is 2.30. The monoisotopic (exact) mass is 1550 g/mol. The van der Waals surface area contributed by atoms with Crippen molar-refractivity contribution in [2.75, 3.05) is 39.6 Å². The lowest BCUT2D eigenvalue weighted by Gasteiger charge is -2.21. The zero-order chi connectivity index (χ0) is 78.9. The first kappa shape index (κ1) is 103. The average Bonchev–Trinajstić information content (AvgIpc) is 0.899. The van der Waals surface area contributed by atoms with Crippen LogP contribution in [0.1, 0.15) is 323 Å². The number of rotatable bonds is 77. The van der Waals surface area contributed by atoms with E-state index >= 15 is 0 Å². The second-order valence-electron chi connectivity index (χ2n) is 27.3. The van der Waals surface area contributed by atoms with Gasteiger partial charge in [-0.2, -0.15) is 0 Å². The molecule has 0 saturated carbocycles. The fourth-order valence-electron chi connectivity index (χ4n) is 10.7. The van der Waals surface area contributed by atoms with E-state index in [9.17, 15) is 43.2 Å². The van der Waals surface area contributed by atoms with Gasteiger partial charge >= 0.3 is 39.5 Å². The molecule has 17 nitrogen and oxygen atoms in total. The first-order valence-corrected chi connectivity index (χ1v) is 44.7. The maximum atomic E-state index is 13.1. The molecular weight excluding hydrogens is 1400 g/mol. The van der Waals surface area contributed by atoms with Gasteiger partial charge in [-0.1, -0.05) is 295 Å². The van der Waals surface area contributed by atoms with Crippen LogP contribution in [0.4, 0.5) is 0 Å². The van der Waals surface area contributed by atoms with E-state index in [2.05, 4.69) is 167 Å². The molecule has 0 radical (unpaired) electrons. The maximum Gasteiger partial charge on any atom is 0.472 e. The smallest absolute Gasteiger partial charge is 0.462 e. The number of aliphatic hydroxyl groups excluding tert-OH is 1. The number of esters is 4. The Balaban J connectivity index is 5.48. The molecule has 0 heterocycles. The Morgan fingerprint density at radius 1 is 0.269 bits per heavy atom. The van der Waals surface area contributed by atoms with Crippen LogP contribution in [-0.2, 0) is 65.4 Å².